The monoisotopic (exact) mass is 578 g/mol. The number of thiazole rings is 1. The summed E-state index contributed by atoms with van der Waals surface area (Å²) < 4.78 is 18.7. The van der Waals surface area contributed by atoms with E-state index in [4.69, 9.17) is 25.5 Å². The van der Waals surface area contributed by atoms with Crippen molar-refractivity contribution in [3.05, 3.63) is 101 Å². The molecule has 0 saturated carbocycles. The number of allylic oxidation sites excluding steroid dienone is 2. The predicted molar refractivity (Wildman–Crippen MR) is 150 cm³/mol. The van der Waals surface area contributed by atoms with Crippen LogP contribution in [0.25, 0.3) is 17.4 Å². The summed E-state index contributed by atoms with van der Waals surface area (Å²) in [6.07, 6.45) is 1.59. The van der Waals surface area contributed by atoms with Crippen LogP contribution in [0.2, 0.25) is 5.02 Å². The van der Waals surface area contributed by atoms with Crippen LogP contribution in [0.15, 0.2) is 74.0 Å². The van der Waals surface area contributed by atoms with Gasteiger partial charge in [-0.15, -0.1) is 0 Å². The summed E-state index contributed by atoms with van der Waals surface area (Å²) in [7, 11) is 3.06. The second-order valence-corrected chi connectivity index (χ2v) is 10.4. The maximum Gasteiger partial charge on any atom is 0.337 e. The van der Waals surface area contributed by atoms with Gasteiger partial charge >= 0.3 is 5.97 Å². The summed E-state index contributed by atoms with van der Waals surface area (Å²) in [5.74, 6) is 0.470. The average molecular weight is 579 g/mol. The van der Waals surface area contributed by atoms with Gasteiger partial charge in [-0.25, -0.2) is 9.79 Å². The Balaban J connectivity index is 1.64. The van der Waals surface area contributed by atoms with Crippen molar-refractivity contribution in [2.75, 3.05) is 14.2 Å². The number of carboxylic acids is 1. The zero-order valence-electron chi connectivity index (χ0n) is 21.9. The number of ether oxygens (including phenoxy) is 2. The Morgan fingerprint density at radius 2 is 1.90 bits per heavy atom. The zero-order valence-corrected chi connectivity index (χ0v) is 23.4. The first-order chi connectivity index (χ1) is 19.1. The molecule has 40 heavy (non-hydrogen) atoms. The Morgan fingerprint density at radius 3 is 2.58 bits per heavy atom. The number of Topliss-reactive ketones (excluding diaryl/α,β-unsaturated/α-hetero) is 1. The maximum atomic E-state index is 13.8. The normalized spacial score (nSPS) is 15.0. The van der Waals surface area contributed by atoms with Crippen LogP contribution in [-0.4, -0.2) is 35.6 Å². The second-order valence-electron chi connectivity index (χ2n) is 8.95. The molecule has 0 amide bonds. The fourth-order valence-corrected chi connectivity index (χ4v) is 5.89. The van der Waals surface area contributed by atoms with Gasteiger partial charge in [-0.05, 0) is 56.3 Å². The van der Waals surface area contributed by atoms with Gasteiger partial charge in [0, 0.05) is 34.5 Å². The number of aromatic carboxylic acids is 1. The highest BCUT2D eigenvalue weighted by Gasteiger charge is 2.32. The van der Waals surface area contributed by atoms with E-state index in [-0.39, 0.29) is 21.9 Å². The van der Waals surface area contributed by atoms with Crippen LogP contribution in [0.4, 0.5) is 0 Å². The van der Waals surface area contributed by atoms with Gasteiger partial charge in [0.2, 0.25) is 0 Å². The van der Waals surface area contributed by atoms with Crippen molar-refractivity contribution in [2.24, 2.45) is 4.99 Å². The van der Waals surface area contributed by atoms with Crippen LogP contribution in [0, 0.1) is 0 Å². The number of ketones is 1. The van der Waals surface area contributed by atoms with Gasteiger partial charge < -0.3 is 19.0 Å². The summed E-state index contributed by atoms with van der Waals surface area (Å²) in [4.78, 5) is 43.1. The number of carboxylic acid groups (broad SMARTS) is 1. The van der Waals surface area contributed by atoms with Crippen molar-refractivity contribution < 1.29 is 28.6 Å². The molecule has 0 spiro atoms. The molecule has 1 aliphatic heterocycles. The molecule has 11 heteroatoms. The highest BCUT2D eigenvalue weighted by atomic mass is 35.5. The van der Waals surface area contributed by atoms with Gasteiger partial charge in [0.1, 0.15) is 23.0 Å². The number of benzene rings is 2. The molecule has 9 nitrogen and oxygen atoms in total. The van der Waals surface area contributed by atoms with Gasteiger partial charge in [0.25, 0.3) is 5.56 Å². The third kappa shape index (κ3) is 4.76. The Hall–Kier alpha value is -4.41. The topological polar surface area (TPSA) is 120 Å². The van der Waals surface area contributed by atoms with E-state index in [2.05, 4.69) is 4.99 Å². The van der Waals surface area contributed by atoms with Crippen LogP contribution in [-0.2, 0) is 4.79 Å². The summed E-state index contributed by atoms with van der Waals surface area (Å²) in [5, 5.41) is 9.50. The lowest BCUT2D eigenvalue weighted by Crippen LogP contribution is -2.39. The molecule has 2 aromatic carbocycles. The third-order valence-corrected chi connectivity index (χ3v) is 7.83. The summed E-state index contributed by atoms with van der Waals surface area (Å²) in [5.41, 5.74) is 1.65. The first-order valence-electron chi connectivity index (χ1n) is 12.0. The summed E-state index contributed by atoms with van der Waals surface area (Å²) >= 11 is 7.16. The van der Waals surface area contributed by atoms with E-state index >= 15 is 0 Å². The van der Waals surface area contributed by atoms with E-state index in [9.17, 15) is 19.5 Å². The van der Waals surface area contributed by atoms with E-state index in [0.717, 1.165) is 0 Å². The molecule has 1 atom stereocenters. The molecule has 1 unspecified atom stereocenters. The first-order valence-corrected chi connectivity index (χ1v) is 13.2. The predicted octanol–water partition coefficient (Wildman–Crippen LogP) is 4.45. The number of hydrogen-bond donors (Lipinski definition) is 1. The van der Waals surface area contributed by atoms with Crippen LogP contribution in [0.1, 0.15) is 41.6 Å². The lowest BCUT2D eigenvalue weighted by atomic mass is 9.92. The van der Waals surface area contributed by atoms with Crippen LogP contribution < -0.4 is 24.4 Å². The minimum Gasteiger partial charge on any atom is -0.497 e. The number of carbonyl (C=O) groups excluding carboxylic acids is 1. The van der Waals surface area contributed by atoms with Crippen molar-refractivity contribution in [1.82, 2.24) is 4.57 Å². The Labute approximate surface area is 236 Å². The maximum absolute atomic E-state index is 13.8. The molecule has 5 rings (SSSR count). The Kier molecular flexibility index (Phi) is 7.22. The highest BCUT2D eigenvalue weighted by Crippen LogP contribution is 2.37. The van der Waals surface area contributed by atoms with Crippen molar-refractivity contribution in [3.8, 4) is 22.8 Å². The largest absolute Gasteiger partial charge is 0.497 e. The fraction of sp³-hybridized carbons (Fsp3) is 0.172. The molecule has 0 fully saturated rings. The third-order valence-electron chi connectivity index (χ3n) is 6.52. The molecule has 0 radical (unpaired) electrons. The van der Waals surface area contributed by atoms with Gasteiger partial charge in [-0.3, -0.25) is 14.2 Å². The molecule has 1 N–H and O–H groups in total. The molecule has 4 aromatic rings. The molecule has 0 bridgehead atoms. The highest BCUT2D eigenvalue weighted by molar-refractivity contribution is 7.07. The van der Waals surface area contributed by atoms with E-state index in [1.54, 1.807) is 56.5 Å². The van der Waals surface area contributed by atoms with Gasteiger partial charge in [0.05, 0.1) is 35.4 Å². The molecule has 1 aliphatic rings. The Bertz CT molecular complexity index is 1900. The van der Waals surface area contributed by atoms with Crippen molar-refractivity contribution in [3.63, 3.8) is 0 Å². The number of carbonyl (C=O) groups is 2. The average Bonchev–Trinajstić information content (AvgIpc) is 3.51. The first kappa shape index (κ1) is 27.2. The molecule has 0 saturated heterocycles. The van der Waals surface area contributed by atoms with Crippen LogP contribution >= 0.6 is 22.9 Å². The smallest absolute Gasteiger partial charge is 0.337 e. The number of aromatic nitrogens is 1. The van der Waals surface area contributed by atoms with E-state index in [1.807, 2.05) is 0 Å². The SMILES string of the molecule is COc1ccc(C2C(C(C)=O)=C(C)N=c3sc(=Cc4ccc(-c5ccc(Cl)c(C(=O)O)c5)o4)c(=O)n32)c(OC)c1. The molecular formula is C29H23ClN2O7S. The molecule has 204 valence electrons. The number of hydrogen-bond acceptors (Lipinski definition) is 8. The number of furan rings is 1. The lowest BCUT2D eigenvalue weighted by molar-refractivity contribution is -0.114. The molecule has 2 aromatic heterocycles. The van der Waals surface area contributed by atoms with E-state index < -0.39 is 12.0 Å². The van der Waals surface area contributed by atoms with Crippen molar-refractivity contribution in [2.45, 2.75) is 19.9 Å². The Morgan fingerprint density at radius 1 is 1.12 bits per heavy atom. The standard InChI is InChI=1S/C29H23ClN2O7S/c1-14-25(15(2)33)26(19-8-6-17(37-3)12-23(19)38-4)32-27(34)24(40-29(32)31-14)13-18-7-10-22(39-18)16-5-9-21(30)20(11-16)28(35)36/h5-13,26H,1-4H3,(H,35,36). The van der Waals surface area contributed by atoms with Crippen LogP contribution in [0.5, 0.6) is 11.5 Å². The minimum atomic E-state index is -1.15. The number of rotatable bonds is 7. The number of fused-ring (bicyclic) bond motifs is 1. The lowest BCUT2D eigenvalue weighted by Gasteiger charge is -2.26. The number of nitrogens with zero attached hydrogens (tertiary/aromatic N) is 2. The zero-order chi connectivity index (χ0) is 28.7. The molecule has 0 aliphatic carbocycles. The number of halogens is 1. The van der Waals surface area contributed by atoms with E-state index in [0.29, 0.717) is 54.8 Å². The fourth-order valence-electron chi connectivity index (χ4n) is 4.67. The van der Waals surface area contributed by atoms with Gasteiger partial charge in [-0.1, -0.05) is 22.9 Å². The number of methoxy groups -OCH3 is 2. The second kappa shape index (κ2) is 10.6. The summed E-state index contributed by atoms with van der Waals surface area (Å²) in [6, 6.07) is 12.4. The summed E-state index contributed by atoms with van der Waals surface area (Å²) in [6.45, 7) is 3.19. The van der Waals surface area contributed by atoms with E-state index in [1.165, 1.54) is 42.1 Å². The quantitative estimate of drug-likeness (QED) is 0.344. The van der Waals surface area contributed by atoms with Crippen molar-refractivity contribution >= 4 is 40.8 Å². The molecule has 3 heterocycles. The van der Waals surface area contributed by atoms with Crippen LogP contribution in [0.3, 0.4) is 0 Å². The minimum absolute atomic E-state index is 0.0453. The van der Waals surface area contributed by atoms with Crippen molar-refractivity contribution in [1.29, 1.82) is 0 Å². The van der Waals surface area contributed by atoms with Gasteiger partial charge in [0.15, 0.2) is 10.6 Å². The van der Waals surface area contributed by atoms with Gasteiger partial charge in [-0.2, -0.15) is 0 Å². The molecular weight excluding hydrogens is 556 g/mol.